The highest BCUT2D eigenvalue weighted by Gasteiger charge is 2.40. The van der Waals surface area contributed by atoms with Gasteiger partial charge >= 0.3 is 0 Å². The third-order valence-electron chi connectivity index (χ3n) is 5.67. The first-order valence-electron chi connectivity index (χ1n) is 9.49. The maximum absolute atomic E-state index is 12.4. The van der Waals surface area contributed by atoms with E-state index in [9.17, 15) is 4.79 Å². The largest absolute Gasteiger partial charge is 0.384 e. The van der Waals surface area contributed by atoms with Crippen molar-refractivity contribution in [1.29, 1.82) is 0 Å². The molecule has 1 aliphatic heterocycles. The van der Waals surface area contributed by atoms with E-state index < -0.39 is 0 Å². The van der Waals surface area contributed by atoms with E-state index in [4.69, 9.17) is 9.72 Å². The Morgan fingerprint density at radius 1 is 1.11 bits per heavy atom. The quantitative estimate of drug-likeness (QED) is 0.699. The lowest BCUT2D eigenvalue weighted by Crippen LogP contribution is -2.46. The molecule has 1 aliphatic rings. The van der Waals surface area contributed by atoms with Gasteiger partial charge in [-0.2, -0.15) is 0 Å². The zero-order valence-electron chi connectivity index (χ0n) is 15.7. The summed E-state index contributed by atoms with van der Waals surface area (Å²) in [6, 6.07) is 16.7. The van der Waals surface area contributed by atoms with Crippen LogP contribution in [-0.2, 0) is 14.9 Å². The van der Waals surface area contributed by atoms with Gasteiger partial charge in [-0.3, -0.25) is 4.79 Å². The Kier molecular flexibility index (Phi) is 4.94. The van der Waals surface area contributed by atoms with Gasteiger partial charge in [0, 0.05) is 38.0 Å². The average molecular weight is 363 g/mol. The predicted molar refractivity (Wildman–Crippen MR) is 105 cm³/mol. The van der Waals surface area contributed by atoms with E-state index in [0.29, 0.717) is 13.0 Å². The normalized spacial score (nSPS) is 16.6. The molecule has 4 rings (SSSR count). The highest BCUT2D eigenvalue weighted by atomic mass is 16.5. The average Bonchev–Trinajstić information content (AvgIpc) is 3.17. The summed E-state index contributed by atoms with van der Waals surface area (Å²) in [6.07, 6.45) is 6.38. The van der Waals surface area contributed by atoms with Crippen molar-refractivity contribution in [3.05, 3.63) is 72.2 Å². The van der Waals surface area contributed by atoms with Crippen LogP contribution in [0.2, 0.25) is 0 Å². The lowest BCUT2D eigenvalue weighted by Gasteiger charge is -2.41. The summed E-state index contributed by atoms with van der Waals surface area (Å²) in [5.41, 5.74) is 3.16. The summed E-state index contributed by atoms with van der Waals surface area (Å²) in [7, 11) is 1.63. The number of benzene rings is 1. The van der Waals surface area contributed by atoms with Gasteiger partial charge in [0.05, 0.1) is 18.7 Å². The molecule has 0 bridgehead atoms. The number of carbonyl (C=O) groups is 1. The van der Waals surface area contributed by atoms with Crippen molar-refractivity contribution < 1.29 is 9.53 Å². The van der Waals surface area contributed by atoms with Gasteiger partial charge in [-0.25, -0.2) is 4.98 Å². The molecule has 3 heterocycles. The molecule has 3 aromatic rings. The van der Waals surface area contributed by atoms with E-state index in [1.165, 1.54) is 5.56 Å². The lowest BCUT2D eigenvalue weighted by atomic mass is 9.70. The van der Waals surface area contributed by atoms with Crippen LogP contribution in [0, 0.1) is 0 Å². The monoisotopic (exact) mass is 363 g/mol. The molecule has 5 nitrogen and oxygen atoms in total. The maximum Gasteiger partial charge on any atom is 0.224 e. The first-order chi connectivity index (χ1) is 13.2. The zero-order valence-corrected chi connectivity index (χ0v) is 15.7. The van der Waals surface area contributed by atoms with Gasteiger partial charge in [-0.05, 0) is 30.5 Å². The molecule has 5 heteroatoms. The van der Waals surface area contributed by atoms with Crippen LogP contribution in [0.25, 0.3) is 5.65 Å². The number of nitrogens with zero attached hydrogens (tertiary/aromatic N) is 3. The summed E-state index contributed by atoms with van der Waals surface area (Å²) in [4.78, 5) is 19.3. The Balaban J connectivity index is 1.66. The molecule has 140 valence electrons. The first kappa shape index (κ1) is 17.7. The molecule has 0 unspecified atom stereocenters. The number of fused-ring (bicyclic) bond motifs is 1. The molecule has 0 aliphatic carbocycles. The molecule has 0 radical (unpaired) electrons. The van der Waals surface area contributed by atoms with Crippen LogP contribution in [-0.4, -0.2) is 47.0 Å². The van der Waals surface area contributed by atoms with Crippen molar-refractivity contribution in [2.75, 3.05) is 26.8 Å². The number of hydrogen-bond acceptors (Lipinski definition) is 3. The highest BCUT2D eigenvalue weighted by Crippen LogP contribution is 2.41. The first-order valence-corrected chi connectivity index (χ1v) is 9.49. The van der Waals surface area contributed by atoms with Gasteiger partial charge in [0.1, 0.15) is 5.65 Å². The highest BCUT2D eigenvalue weighted by molar-refractivity contribution is 5.76. The van der Waals surface area contributed by atoms with Crippen molar-refractivity contribution in [3.8, 4) is 0 Å². The Hall–Kier alpha value is -2.66. The SMILES string of the molecule is COCCC(=O)N1CCC(c2ccccc2)(c2cn3ccccc3n2)CC1. The minimum absolute atomic E-state index is 0.161. The molecule has 2 aromatic heterocycles. The second kappa shape index (κ2) is 7.53. The van der Waals surface area contributed by atoms with Crippen molar-refractivity contribution in [1.82, 2.24) is 14.3 Å². The number of likely N-dealkylation sites (tertiary alicyclic amines) is 1. The van der Waals surface area contributed by atoms with Crippen molar-refractivity contribution in [2.24, 2.45) is 0 Å². The standard InChI is InChI=1S/C22H25N3O2/c1-27-16-10-21(26)24-14-11-22(12-15-24,18-7-3-2-4-8-18)19-17-25-13-6-5-9-20(25)23-19/h2-9,13,17H,10-12,14-16H2,1H3. The van der Waals surface area contributed by atoms with Gasteiger partial charge in [-0.15, -0.1) is 0 Å². The summed E-state index contributed by atoms with van der Waals surface area (Å²) in [5, 5.41) is 0. The second-order valence-electron chi connectivity index (χ2n) is 7.16. The van der Waals surface area contributed by atoms with Crippen molar-refractivity contribution in [3.63, 3.8) is 0 Å². The van der Waals surface area contributed by atoms with Gasteiger partial charge in [-0.1, -0.05) is 36.4 Å². The fourth-order valence-corrected chi connectivity index (χ4v) is 4.10. The van der Waals surface area contributed by atoms with Crippen LogP contribution < -0.4 is 0 Å². The van der Waals surface area contributed by atoms with E-state index in [-0.39, 0.29) is 11.3 Å². The maximum atomic E-state index is 12.4. The number of piperidine rings is 1. The number of pyridine rings is 1. The number of hydrogen-bond donors (Lipinski definition) is 0. The Bertz CT molecular complexity index is 878. The minimum atomic E-state index is -0.161. The number of imidazole rings is 1. The van der Waals surface area contributed by atoms with E-state index in [1.807, 2.05) is 35.4 Å². The Labute approximate surface area is 159 Å². The molecule has 0 N–H and O–H groups in total. The topological polar surface area (TPSA) is 46.8 Å². The zero-order chi connectivity index (χ0) is 18.7. The number of ether oxygens (including phenoxy) is 1. The molecular formula is C22H25N3O2. The molecular weight excluding hydrogens is 338 g/mol. The fourth-order valence-electron chi connectivity index (χ4n) is 4.10. The lowest BCUT2D eigenvalue weighted by molar-refractivity contribution is -0.133. The second-order valence-corrected chi connectivity index (χ2v) is 7.16. The number of rotatable bonds is 5. The van der Waals surface area contributed by atoms with E-state index in [0.717, 1.165) is 37.3 Å². The molecule has 1 fully saturated rings. The number of carbonyl (C=O) groups excluding carboxylic acids is 1. The molecule has 1 saturated heterocycles. The van der Waals surface area contributed by atoms with Crippen LogP contribution in [0.3, 0.4) is 0 Å². The molecule has 27 heavy (non-hydrogen) atoms. The van der Waals surface area contributed by atoms with Crippen LogP contribution in [0.4, 0.5) is 0 Å². The Morgan fingerprint density at radius 3 is 2.56 bits per heavy atom. The molecule has 0 atom stereocenters. The smallest absolute Gasteiger partial charge is 0.224 e. The van der Waals surface area contributed by atoms with E-state index >= 15 is 0 Å². The van der Waals surface area contributed by atoms with Gasteiger partial charge in [0.25, 0.3) is 0 Å². The van der Waals surface area contributed by atoms with Gasteiger partial charge < -0.3 is 14.0 Å². The number of methoxy groups -OCH3 is 1. The number of amides is 1. The third-order valence-corrected chi connectivity index (χ3v) is 5.67. The summed E-state index contributed by atoms with van der Waals surface area (Å²) >= 11 is 0. The summed E-state index contributed by atoms with van der Waals surface area (Å²) in [6.45, 7) is 1.96. The number of aromatic nitrogens is 2. The molecule has 0 spiro atoms. The van der Waals surface area contributed by atoms with Crippen LogP contribution in [0.15, 0.2) is 60.9 Å². The van der Waals surface area contributed by atoms with Crippen LogP contribution in [0.5, 0.6) is 0 Å². The van der Waals surface area contributed by atoms with Crippen molar-refractivity contribution in [2.45, 2.75) is 24.7 Å². The summed E-state index contributed by atoms with van der Waals surface area (Å²) < 4.78 is 7.14. The van der Waals surface area contributed by atoms with Crippen LogP contribution >= 0.6 is 0 Å². The summed E-state index contributed by atoms with van der Waals surface area (Å²) in [5.74, 6) is 0.175. The van der Waals surface area contributed by atoms with Gasteiger partial charge in [0.15, 0.2) is 0 Å². The Morgan fingerprint density at radius 2 is 1.85 bits per heavy atom. The predicted octanol–water partition coefficient (Wildman–Crippen LogP) is 3.28. The molecule has 1 amide bonds. The minimum Gasteiger partial charge on any atom is -0.384 e. The molecule has 0 saturated carbocycles. The fraction of sp³-hybridized carbons (Fsp3) is 0.364. The van der Waals surface area contributed by atoms with E-state index in [1.54, 1.807) is 7.11 Å². The van der Waals surface area contributed by atoms with Gasteiger partial charge in [0.2, 0.25) is 5.91 Å². The van der Waals surface area contributed by atoms with Crippen molar-refractivity contribution >= 4 is 11.6 Å². The third kappa shape index (κ3) is 3.35. The van der Waals surface area contributed by atoms with E-state index in [2.05, 4.69) is 34.9 Å². The molecule has 1 aromatic carbocycles. The van der Waals surface area contributed by atoms with Crippen LogP contribution in [0.1, 0.15) is 30.5 Å².